The van der Waals surface area contributed by atoms with E-state index in [0.717, 1.165) is 0 Å². The van der Waals surface area contributed by atoms with Crippen LogP contribution in [0.4, 0.5) is 4.39 Å². The zero-order valence-electron chi connectivity index (χ0n) is 15.9. The third-order valence-corrected chi connectivity index (χ3v) is 4.98. The minimum absolute atomic E-state index is 0.0916. The van der Waals surface area contributed by atoms with Crippen LogP contribution in [-0.2, 0) is 17.8 Å². The highest BCUT2D eigenvalue weighted by atomic mass is 19.1. The Hall–Kier alpha value is -3.36. The summed E-state index contributed by atoms with van der Waals surface area (Å²) >= 11 is 0. The Labute approximate surface area is 166 Å². The van der Waals surface area contributed by atoms with E-state index >= 15 is 0 Å². The van der Waals surface area contributed by atoms with Crippen molar-refractivity contribution >= 4 is 16.8 Å². The van der Waals surface area contributed by atoms with Crippen molar-refractivity contribution < 1.29 is 13.9 Å². The van der Waals surface area contributed by atoms with E-state index < -0.39 is 5.82 Å². The van der Waals surface area contributed by atoms with Crippen molar-refractivity contribution in [3.63, 3.8) is 0 Å². The van der Waals surface area contributed by atoms with Crippen LogP contribution in [0.15, 0.2) is 41.7 Å². The SMILES string of the molecule is CCc1ncnc(O[C@@H]2CCN(C(=O)Cn3cnc4ccccc4c3=O)C2)c1F. The summed E-state index contributed by atoms with van der Waals surface area (Å²) in [7, 11) is 0. The molecule has 3 aromatic rings. The lowest BCUT2D eigenvalue weighted by Crippen LogP contribution is -2.36. The lowest BCUT2D eigenvalue weighted by Gasteiger charge is -2.18. The summed E-state index contributed by atoms with van der Waals surface area (Å²) in [6, 6.07) is 7.00. The molecule has 2 aromatic heterocycles. The molecule has 8 nitrogen and oxygen atoms in total. The maximum absolute atomic E-state index is 14.3. The number of carbonyl (C=O) groups excluding carboxylic acids is 1. The van der Waals surface area contributed by atoms with Crippen LogP contribution in [0.25, 0.3) is 10.9 Å². The van der Waals surface area contributed by atoms with Crippen LogP contribution in [0.2, 0.25) is 0 Å². The molecule has 3 heterocycles. The summed E-state index contributed by atoms with van der Waals surface area (Å²) in [6.07, 6.45) is 3.29. The number of aryl methyl sites for hydroxylation is 1. The Morgan fingerprint density at radius 2 is 2.10 bits per heavy atom. The van der Waals surface area contributed by atoms with Gasteiger partial charge in [-0.25, -0.2) is 9.97 Å². The van der Waals surface area contributed by atoms with E-state index in [-0.39, 0.29) is 30.0 Å². The van der Waals surface area contributed by atoms with Crippen molar-refractivity contribution in [1.82, 2.24) is 24.4 Å². The Balaban J connectivity index is 1.43. The van der Waals surface area contributed by atoms with E-state index in [1.165, 1.54) is 17.2 Å². The van der Waals surface area contributed by atoms with Gasteiger partial charge in [0.05, 0.1) is 29.5 Å². The summed E-state index contributed by atoms with van der Waals surface area (Å²) in [5, 5.41) is 0.469. The maximum atomic E-state index is 14.3. The van der Waals surface area contributed by atoms with Crippen molar-refractivity contribution in [2.24, 2.45) is 0 Å². The molecule has 0 saturated carbocycles. The van der Waals surface area contributed by atoms with Crippen molar-refractivity contribution in [3.05, 3.63) is 58.8 Å². The van der Waals surface area contributed by atoms with E-state index in [2.05, 4.69) is 15.0 Å². The molecule has 1 amide bonds. The number of amides is 1. The molecule has 1 atom stereocenters. The number of ether oxygens (including phenoxy) is 1. The third-order valence-electron chi connectivity index (χ3n) is 4.98. The zero-order valence-corrected chi connectivity index (χ0v) is 15.9. The van der Waals surface area contributed by atoms with Crippen LogP contribution in [0.5, 0.6) is 5.88 Å². The molecule has 0 spiro atoms. The monoisotopic (exact) mass is 397 g/mol. The maximum Gasteiger partial charge on any atom is 0.261 e. The van der Waals surface area contributed by atoms with Crippen molar-refractivity contribution in [1.29, 1.82) is 0 Å². The number of likely N-dealkylation sites (tertiary alicyclic amines) is 1. The van der Waals surface area contributed by atoms with Gasteiger partial charge in [0.2, 0.25) is 11.7 Å². The van der Waals surface area contributed by atoms with Crippen LogP contribution in [0.1, 0.15) is 19.0 Å². The van der Waals surface area contributed by atoms with Gasteiger partial charge in [-0.1, -0.05) is 19.1 Å². The first-order valence-corrected chi connectivity index (χ1v) is 9.44. The largest absolute Gasteiger partial charge is 0.470 e. The molecule has 1 aliphatic rings. The molecule has 4 rings (SSSR count). The highest BCUT2D eigenvalue weighted by molar-refractivity contribution is 5.79. The van der Waals surface area contributed by atoms with Gasteiger partial charge < -0.3 is 9.64 Å². The molecule has 0 unspecified atom stereocenters. The highest BCUT2D eigenvalue weighted by Crippen LogP contribution is 2.21. The summed E-state index contributed by atoms with van der Waals surface area (Å²) in [6.45, 7) is 2.46. The van der Waals surface area contributed by atoms with Gasteiger partial charge in [0.15, 0.2) is 0 Å². The zero-order chi connectivity index (χ0) is 20.4. The summed E-state index contributed by atoms with van der Waals surface area (Å²) < 4.78 is 21.2. The summed E-state index contributed by atoms with van der Waals surface area (Å²) in [5.41, 5.74) is 0.629. The smallest absolute Gasteiger partial charge is 0.261 e. The van der Waals surface area contributed by atoms with Crippen LogP contribution >= 0.6 is 0 Å². The van der Waals surface area contributed by atoms with Gasteiger partial charge in [0.1, 0.15) is 19.0 Å². The summed E-state index contributed by atoms with van der Waals surface area (Å²) in [5.74, 6) is -0.868. The fraction of sp³-hybridized carbons (Fsp3) is 0.350. The van der Waals surface area contributed by atoms with Gasteiger partial charge in [0, 0.05) is 13.0 Å². The number of benzene rings is 1. The van der Waals surface area contributed by atoms with E-state index in [9.17, 15) is 14.0 Å². The minimum Gasteiger partial charge on any atom is -0.470 e. The van der Waals surface area contributed by atoms with E-state index in [0.29, 0.717) is 42.5 Å². The second kappa shape index (κ2) is 7.94. The van der Waals surface area contributed by atoms with Gasteiger partial charge >= 0.3 is 0 Å². The fourth-order valence-electron chi connectivity index (χ4n) is 3.39. The van der Waals surface area contributed by atoms with Gasteiger partial charge in [-0.05, 0) is 18.6 Å². The first-order chi connectivity index (χ1) is 14.1. The third kappa shape index (κ3) is 3.80. The first-order valence-electron chi connectivity index (χ1n) is 9.44. The van der Waals surface area contributed by atoms with Gasteiger partial charge in [-0.15, -0.1) is 0 Å². The molecular weight excluding hydrogens is 377 g/mol. The number of aromatic nitrogens is 4. The molecule has 1 aliphatic heterocycles. The predicted molar refractivity (Wildman–Crippen MR) is 103 cm³/mol. The standard InChI is InChI=1S/C20H20FN5O3/c1-2-15-18(21)19(23-11-22-15)29-13-7-8-25(9-13)17(27)10-26-12-24-16-6-4-3-5-14(16)20(26)28/h3-6,11-13H,2,7-10H2,1H3/t13-/m1/s1. The van der Waals surface area contributed by atoms with Crippen molar-refractivity contribution in [2.75, 3.05) is 13.1 Å². The predicted octanol–water partition coefficient (Wildman–Crippen LogP) is 1.57. The number of hydrogen-bond donors (Lipinski definition) is 0. The molecule has 0 N–H and O–H groups in total. The molecule has 0 aliphatic carbocycles. The van der Waals surface area contributed by atoms with E-state index in [1.54, 1.807) is 36.1 Å². The van der Waals surface area contributed by atoms with E-state index in [1.807, 2.05) is 0 Å². The van der Waals surface area contributed by atoms with Crippen LogP contribution in [0, 0.1) is 5.82 Å². The molecule has 9 heteroatoms. The molecule has 0 bridgehead atoms. The molecule has 29 heavy (non-hydrogen) atoms. The van der Waals surface area contributed by atoms with Crippen LogP contribution in [-0.4, -0.2) is 49.5 Å². The molecule has 0 radical (unpaired) electrons. The average Bonchev–Trinajstić information content (AvgIpc) is 3.20. The number of rotatable bonds is 5. The number of halogens is 1. The Bertz CT molecular complexity index is 1120. The Kier molecular flexibility index (Phi) is 5.20. The first kappa shape index (κ1) is 19.0. The van der Waals surface area contributed by atoms with Gasteiger partial charge in [-0.2, -0.15) is 9.37 Å². The minimum atomic E-state index is -0.562. The van der Waals surface area contributed by atoms with Gasteiger partial charge in [0.25, 0.3) is 11.4 Å². The van der Waals surface area contributed by atoms with Crippen LogP contribution < -0.4 is 10.3 Å². The number of carbonyl (C=O) groups is 1. The van der Waals surface area contributed by atoms with Crippen LogP contribution in [0.3, 0.4) is 0 Å². The van der Waals surface area contributed by atoms with Crippen molar-refractivity contribution in [3.8, 4) is 5.88 Å². The fourth-order valence-corrected chi connectivity index (χ4v) is 3.39. The summed E-state index contributed by atoms with van der Waals surface area (Å²) in [4.78, 5) is 38.8. The van der Waals surface area contributed by atoms with Crippen molar-refractivity contribution in [2.45, 2.75) is 32.4 Å². The molecule has 1 fully saturated rings. The molecular formula is C20H20FN5O3. The number of para-hydroxylation sites is 1. The number of fused-ring (bicyclic) bond motifs is 1. The Morgan fingerprint density at radius 1 is 1.28 bits per heavy atom. The van der Waals surface area contributed by atoms with E-state index in [4.69, 9.17) is 4.74 Å². The Morgan fingerprint density at radius 3 is 2.93 bits per heavy atom. The van der Waals surface area contributed by atoms with Gasteiger partial charge in [-0.3, -0.25) is 14.2 Å². The number of hydrogen-bond acceptors (Lipinski definition) is 6. The quantitative estimate of drug-likeness (QED) is 0.649. The molecule has 1 saturated heterocycles. The normalized spacial score (nSPS) is 16.3. The average molecular weight is 397 g/mol. The second-order valence-electron chi connectivity index (χ2n) is 6.86. The number of nitrogens with zero attached hydrogens (tertiary/aromatic N) is 5. The topological polar surface area (TPSA) is 90.2 Å². The second-order valence-corrected chi connectivity index (χ2v) is 6.86. The molecule has 150 valence electrons. The lowest BCUT2D eigenvalue weighted by atomic mass is 10.2. The lowest BCUT2D eigenvalue weighted by molar-refractivity contribution is -0.131. The highest BCUT2D eigenvalue weighted by Gasteiger charge is 2.29. The molecule has 1 aromatic carbocycles.